The smallest absolute Gasteiger partial charge is 0.295 e. The van der Waals surface area contributed by atoms with Gasteiger partial charge in [0, 0.05) is 18.7 Å². The third-order valence-electron chi connectivity index (χ3n) is 5.37. The predicted molar refractivity (Wildman–Crippen MR) is 128 cm³/mol. The van der Waals surface area contributed by atoms with Crippen molar-refractivity contribution in [2.45, 2.75) is 59.3 Å². The monoisotopic (exact) mass is 451 g/mol. The van der Waals surface area contributed by atoms with Crippen molar-refractivity contribution in [1.82, 2.24) is 4.90 Å². The van der Waals surface area contributed by atoms with Crippen LogP contribution >= 0.6 is 0 Å². The Morgan fingerprint density at radius 2 is 1.76 bits per heavy atom. The van der Waals surface area contributed by atoms with Gasteiger partial charge >= 0.3 is 0 Å². The number of hydrogen-bond acceptors (Lipinski definition) is 5. The second-order valence-electron chi connectivity index (χ2n) is 8.87. The molecule has 0 aromatic heterocycles. The summed E-state index contributed by atoms with van der Waals surface area (Å²) in [6.45, 7) is 10.5. The lowest BCUT2D eigenvalue weighted by Gasteiger charge is -2.26. The van der Waals surface area contributed by atoms with Crippen LogP contribution in [0.4, 0.5) is 0 Å². The first kappa shape index (κ1) is 24.5. The van der Waals surface area contributed by atoms with E-state index in [1.807, 2.05) is 58.9 Å². The highest BCUT2D eigenvalue weighted by Crippen LogP contribution is 2.40. The van der Waals surface area contributed by atoms with E-state index >= 15 is 0 Å². The Labute approximate surface area is 195 Å². The zero-order chi connectivity index (χ0) is 24.1. The van der Waals surface area contributed by atoms with Gasteiger partial charge in [0.15, 0.2) is 0 Å². The van der Waals surface area contributed by atoms with Crippen molar-refractivity contribution in [3.8, 4) is 5.75 Å². The third-order valence-corrected chi connectivity index (χ3v) is 5.37. The number of likely N-dealkylation sites (tertiary alicyclic amines) is 1. The van der Waals surface area contributed by atoms with Crippen LogP contribution in [-0.4, -0.2) is 47.1 Å². The number of carbonyl (C=O) groups is 2. The Kier molecular flexibility index (Phi) is 7.92. The molecule has 3 rings (SSSR count). The van der Waals surface area contributed by atoms with Crippen molar-refractivity contribution in [3.63, 3.8) is 0 Å². The van der Waals surface area contributed by atoms with E-state index in [-0.39, 0.29) is 23.5 Å². The molecule has 6 nitrogen and oxygen atoms in total. The number of Topliss-reactive ketones (excluding diaryl/α,β-unsaturated/α-hetero) is 1. The Morgan fingerprint density at radius 3 is 2.42 bits per heavy atom. The average molecular weight is 452 g/mol. The van der Waals surface area contributed by atoms with E-state index in [2.05, 4.69) is 0 Å². The van der Waals surface area contributed by atoms with Crippen LogP contribution in [0.15, 0.2) is 54.1 Å². The summed E-state index contributed by atoms with van der Waals surface area (Å²) in [7, 11) is 0. The molecule has 0 radical (unpaired) electrons. The van der Waals surface area contributed by atoms with Crippen molar-refractivity contribution in [2.24, 2.45) is 0 Å². The van der Waals surface area contributed by atoms with Gasteiger partial charge < -0.3 is 19.5 Å². The number of aliphatic hydroxyl groups excluding tert-OH is 1. The van der Waals surface area contributed by atoms with Crippen molar-refractivity contribution < 1.29 is 24.2 Å². The molecule has 0 saturated carbocycles. The number of rotatable bonds is 9. The Balaban J connectivity index is 2.04. The number of ether oxygens (including phenoxy) is 2. The normalized spacial score (nSPS) is 17.9. The summed E-state index contributed by atoms with van der Waals surface area (Å²) in [6, 6.07) is 14.0. The Hall–Kier alpha value is -3.12. The molecule has 0 aliphatic carbocycles. The van der Waals surface area contributed by atoms with Crippen LogP contribution in [0.2, 0.25) is 0 Å². The van der Waals surface area contributed by atoms with Crippen LogP contribution in [0.25, 0.3) is 5.76 Å². The summed E-state index contributed by atoms with van der Waals surface area (Å²) in [5, 5.41) is 11.2. The molecule has 33 heavy (non-hydrogen) atoms. The third kappa shape index (κ3) is 5.82. The maximum absolute atomic E-state index is 13.1. The number of amides is 1. The SMILES string of the molecule is Cc1cccc(C2/C(=C(/O)c3cccc(OC(C)C)c3)C(=O)C(=O)N2CCCOC(C)C)c1. The van der Waals surface area contributed by atoms with Gasteiger partial charge in [0.05, 0.1) is 23.8 Å². The zero-order valence-corrected chi connectivity index (χ0v) is 20.0. The van der Waals surface area contributed by atoms with E-state index in [4.69, 9.17) is 9.47 Å². The minimum atomic E-state index is -0.682. The minimum Gasteiger partial charge on any atom is -0.507 e. The van der Waals surface area contributed by atoms with Gasteiger partial charge in [-0.15, -0.1) is 0 Å². The number of carbonyl (C=O) groups excluding carboxylic acids is 2. The van der Waals surface area contributed by atoms with Crippen LogP contribution in [0.1, 0.15) is 56.8 Å². The first-order valence-electron chi connectivity index (χ1n) is 11.4. The highest BCUT2D eigenvalue weighted by molar-refractivity contribution is 6.46. The number of aryl methyl sites for hydroxylation is 1. The summed E-state index contributed by atoms with van der Waals surface area (Å²) in [6.07, 6.45) is 0.646. The molecule has 1 saturated heterocycles. The molecule has 176 valence electrons. The highest BCUT2D eigenvalue weighted by Gasteiger charge is 2.45. The lowest BCUT2D eigenvalue weighted by atomic mass is 9.94. The fourth-order valence-electron chi connectivity index (χ4n) is 4.00. The summed E-state index contributed by atoms with van der Waals surface area (Å²) in [4.78, 5) is 27.7. The fourth-order valence-corrected chi connectivity index (χ4v) is 4.00. The molecule has 1 unspecified atom stereocenters. The van der Waals surface area contributed by atoms with Crippen LogP contribution in [0, 0.1) is 6.92 Å². The highest BCUT2D eigenvalue weighted by atomic mass is 16.5. The fraction of sp³-hybridized carbons (Fsp3) is 0.407. The lowest BCUT2D eigenvalue weighted by Crippen LogP contribution is -2.31. The first-order chi connectivity index (χ1) is 15.7. The van der Waals surface area contributed by atoms with Gasteiger partial charge in [-0.1, -0.05) is 42.0 Å². The van der Waals surface area contributed by atoms with Crippen LogP contribution in [-0.2, 0) is 14.3 Å². The Bertz CT molecular complexity index is 1040. The predicted octanol–water partition coefficient (Wildman–Crippen LogP) is 5.02. The summed E-state index contributed by atoms with van der Waals surface area (Å²) < 4.78 is 11.4. The van der Waals surface area contributed by atoms with Crippen molar-refractivity contribution in [3.05, 3.63) is 70.8 Å². The first-order valence-corrected chi connectivity index (χ1v) is 11.4. The van der Waals surface area contributed by atoms with E-state index in [0.717, 1.165) is 11.1 Å². The Morgan fingerprint density at radius 1 is 1.03 bits per heavy atom. The maximum atomic E-state index is 13.1. The molecule has 2 aromatic rings. The van der Waals surface area contributed by atoms with E-state index < -0.39 is 17.7 Å². The lowest BCUT2D eigenvalue weighted by molar-refractivity contribution is -0.140. The van der Waals surface area contributed by atoms with E-state index in [9.17, 15) is 14.7 Å². The van der Waals surface area contributed by atoms with Gasteiger partial charge in [-0.05, 0) is 58.7 Å². The molecule has 1 fully saturated rings. The van der Waals surface area contributed by atoms with Crippen LogP contribution in [0.3, 0.4) is 0 Å². The number of nitrogens with zero attached hydrogens (tertiary/aromatic N) is 1. The van der Waals surface area contributed by atoms with E-state index in [1.165, 1.54) is 0 Å². The quantitative estimate of drug-likeness (QED) is 0.251. The molecule has 1 aliphatic heterocycles. The summed E-state index contributed by atoms with van der Waals surface area (Å²) in [5.41, 5.74) is 2.33. The average Bonchev–Trinajstić information content (AvgIpc) is 3.00. The van der Waals surface area contributed by atoms with Gasteiger partial charge in [-0.2, -0.15) is 0 Å². The van der Waals surface area contributed by atoms with Gasteiger partial charge in [-0.3, -0.25) is 9.59 Å². The van der Waals surface area contributed by atoms with Gasteiger partial charge in [0.25, 0.3) is 11.7 Å². The van der Waals surface area contributed by atoms with Gasteiger partial charge in [0.2, 0.25) is 0 Å². The number of ketones is 1. The molecule has 2 aromatic carbocycles. The van der Waals surface area contributed by atoms with Crippen molar-refractivity contribution >= 4 is 17.4 Å². The molecule has 1 aliphatic rings. The molecule has 0 spiro atoms. The second-order valence-corrected chi connectivity index (χ2v) is 8.87. The molecule has 1 N–H and O–H groups in total. The summed E-state index contributed by atoms with van der Waals surface area (Å²) in [5.74, 6) is -0.905. The van der Waals surface area contributed by atoms with Gasteiger partial charge in [0.1, 0.15) is 11.5 Å². The topological polar surface area (TPSA) is 76.1 Å². The molecule has 1 atom stereocenters. The minimum absolute atomic E-state index is 0.0340. The molecule has 6 heteroatoms. The van der Waals surface area contributed by atoms with Crippen molar-refractivity contribution in [2.75, 3.05) is 13.2 Å². The molecular formula is C27H33NO5. The number of hydrogen-bond donors (Lipinski definition) is 1. The second kappa shape index (κ2) is 10.7. The van der Waals surface area contributed by atoms with Crippen molar-refractivity contribution in [1.29, 1.82) is 0 Å². The largest absolute Gasteiger partial charge is 0.507 e. The van der Waals surface area contributed by atoms with E-state index in [0.29, 0.717) is 30.9 Å². The molecular weight excluding hydrogens is 418 g/mol. The summed E-state index contributed by atoms with van der Waals surface area (Å²) >= 11 is 0. The molecule has 1 heterocycles. The standard InChI is InChI=1S/C27H33NO5/c1-17(2)32-14-8-13-28-24(20-10-6-9-19(5)15-20)23(26(30)27(28)31)25(29)21-11-7-12-22(16-21)33-18(3)4/h6-7,9-12,15-18,24,29H,8,13-14H2,1-5H3/b25-23-. The zero-order valence-electron chi connectivity index (χ0n) is 20.0. The maximum Gasteiger partial charge on any atom is 0.295 e. The van der Waals surface area contributed by atoms with E-state index in [1.54, 1.807) is 29.2 Å². The van der Waals surface area contributed by atoms with Gasteiger partial charge in [-0.25, -0.2) is 0 Å². The van der Waals surface area contributed by atoms with Crippen LogP contribution < -0.4 is 4.74 Å². The van der Waals surface area contributed by atoms with Crippen LogP contribution in [0.5, 0.6) is 5.75 Å². The molecule has 0 bridgehead atoms. The number of benzene rings is 2. The number of aliphatic hydroxyl groups is 1. The molecule has 1 amide bonds.